The SMILES string of the molecule is O=C(Nc1ccn(-c2ccccc2)n1)C1CCCN1C(=O)c1cc(Cl)ccc1Cl. The zero-order chi connectivity index (χ0) is 20.4. The zero-order valence-corrected chi connectivity index (χ0v) is 16.9. The van der Waals surface area contributed by atoms with Crippen LogP contribution in [-0.2, 0) is 4.79 Å². The van der Waals surface area contributed by atoms with E-state index in [1.807, 2.05) is 30.3 Å². The maximum atomic E-state index is 13.0. The monoisotopic (exact) mass is 428 g/mol. The maximum Gasteiger partial charge on any atom is 0.256 e. The zero-order valence-electron chi connectivity index (χ0n) is 15.4. The molecule has 6 nitrogen and oxygen atoms in total. The molecule has 0 bridgehead atoms. The molecule has 1 aromatic heterocycles. The minimum absolute atomic E-state index is 0.271. The summed E-state index contributed by atoms with van der Waals surface area (Å²) in [5.74, 6) is -0.142. The molecule has 2 aromatic carbocycles. The van der Waals surface area contributed by atoms with Crippen LogP contribution in [0.3, 0.4) is 0 Å². The van der Waals surface area contributed by atoms with Crippen molar-refractivity contribution in [3.63, 3.8) is 0 Å². The van der Waals surface area contributed by atoms with Crippen molar-refractivity contribution < 1.29 is 9.59 Å². The number of amides is 2. The summed E-state index contributed by atoms with van der Waals surface area (Å²) in [5.41, 5.74) is 1.19. The second-order valence-electron chi connectivity index (χ2n) is 6.75. The van der Waals surface area contributed by atoms with Crippen LogP contribution in [0, 0.1) is 0 Å². The molecule has 0 radical (unpaired) electrons. The van der Waals surface area contributed by atoms with Crippen LogP contribution in [-0.4, -0.2) is 39.1 Å². The van der Waals surface area contributed by atoms with E-state index in [0.717, 1.165) is 12.1 Å². The number of hydrogen-bond donors (Lipinski definition) is 1. The third kappa shape index (κ3) is 4.13. The number of rotatable bonds is 4. The summed E-state index contributed by atoms with van der Waals surface area (Å²) in [6.07, 6.45) is 3.09. The van der Waals surface area contributed by atoms with Gasteiger partial charge >= 0.3 is 0 Å². The number of halogens is 2. The molecular weight excluding hydrogens is 411 g/mol. The van der Waals surface area contributed by atoms with Crippen LogP contribution in [0.1, 0.15) is 23.2 Å². The van der Waals surface area contributed by atoms with Crippen LogP contribution in [0.15, 0.2) is 60.8 Å². The normalized spacial score (nSPS) is 16.1. The van der Waals surface area contributed by atoms with Crippen molar-refractivity contribution in [1.82, 2.24) is 14.7 Å². The highest BCUT2D eigenvalue weighted by Gasteiger charge is 2.35. The lowest BCUT2D eigenvalue weighted by molar-refractivity contribution is -0.119. The van der Waals surface area contributed by atoms with E-state index >= 15 is 0 Å². The predicted octanol–water partition coefficient (Wildman–Crippen LogP) is 4.42. The predicted molar refractivity (Wildman–Crippen MR) is 113 cm³/mol. The molecule has 4 rings (SSSR count). The van der Waals surface area contributed by atoms with Gasteiger partial charge < -0.3 is 10.2 Å². The van der Waals surface area contributed by atoms with E-state index in [9.17, 15) is 9.59 Å². The van der Waals surface area contributed by atoms with Crippen molar-refractivity contribution in [3.05, 3.63) is 76.4 Å². The minimum atomic E-state index is -0.584. The Balaban J connectivity index is 1.49. The van der Waals surface area contributed by atoms with Crippen molar-refractivity contribution >= 4 is 40.8 Å². The van der Waals surface area contributed by atoms with E-state index in [4.69, 9.17) is 23.2 Å². The molecule has 29 heavy (non-hydrogen) atoms. The molecule has 1 atom stereocenters. The second-order valence-corrected chi connectivity index (χ2v) is 7.59. The number of hydrogen-bond acceptors (Lipinski definition) is 3. The number of benzene rings is 2. The molecule has 148 valence electrons. The first-order valence-corrected chi connectivity index (χ1v) is 9.96. The molecule has 0 spiro atoms. The summed E-state index contributed by atoms with van der Waals surface area (Å²) >= 11 is 12.2. The summed E-state index contributed by atoms with van der Waals surface area (Å²) < 4.78 is 1.68. The Kier molecular flexibility index (Phi) is 5.56. The largest absolute Gasteiger partial charge is 0.327 e. The number of nitrogens with zero attached hydrogens (tertiary/aromatic N) is 3. The third-order valence-electron chi connectivity index (χ3n) is 4.84. The molecule has 1 saturated heterocycles. The average Bonchev–Trinajstić information content (AvgIpc) is 3.40. The number of para-hydroxylation sites is 1. The van der Waals surface area contributed by atoms with Gasteiger partial charge in [0.1, 0.15) is 6.04 Å². The lowest BCUT2D eigenvalue weighted by atomic mass is 10.1. The van der Waals surface area contributed by atoms with Crippen molar-refractivity contribution in [2.45, 2.75) is 18.9 Å². The summed E-state index contributed by atoms with van der Waals surface area (Å²) in [7, 11) is 0. The van der Waals surface area contributed by atoms with Crippen molar-refractivity contribution in [3.8, 4) is 5.69 Å². The van der Waals surface area contributed by atoms with Gasteiger partial charge in [-0.05, 0) is 43.2 Å². The van der Waals surface area contributed by atoms with Gasteiger partial charge in [0.25, 0.3) is 5.91 Å². The van der Waals surface area contributed by atoms with Crippen LogP contribution < -0.4 is 5.32 Å². The highest BCUT2D eigenvalue weighted by atomic mass is 35.5. The van der Waals surface area contributed by atoms with E-state index < -0.39 is 6.04 Å². The second kappa shape index (κ2) is 8.27. The van der Waals surface area contributed by atoms with Gasteiger partial charge in [0.2, 0.25) is 5.91 Å². The van der Waals surface area contributed by atoms with Crippen molar-refractivity contribution in [1.29, 1.82) is 0 Å². The van der Waals surface area contributed by atoms with Crippen LogP contribution in [0.25, 0.3) is 5.69 Å². The topological polar surface area (TPSA) is 67.2 Å². The summed E-state index contributed by atoms with van der Waals surface area (Å²) in [6, 6.07) is 15.5. The average molecular weight is 429 g/mol. The van der Waals surface area contributed by atoms with E-state index in [0.29, 0.717) is 34.4 Å². The number of nitrogens with one attached hydrogen (secondary N) is 1. The van der Waals surface area contributed by atoms with Gasteiger partial charge in [0.05, 0.1) is 16.3 Å². The molecule has 1 fully saturated rings. The highest BCUT2D eigenvalue weighted by molar-refractivity contribution is 6.35. The van der Waals surface area contributed by atoms with Crippen LogP contribution >= 0.6 is 23.2 Å². The van der Waals surface area contributed by atoms with E-state index in [1.165, 1.54) is 6.07 Å². The highest BCUT2D eigenvalue weighted by Crippen LogP contribution is 2.27. The molecule has 1 unspecified atom stereocenters. The summed E-state index contributed by atoms with van der Waals surface area (Å²) in [5, 5.41) is 7.93. The Hall–Kier alpha value is -2.83. The smallest absolute Gasteiger partial charge is 0.256 e. The van der Waals surface area contributed by atoms with Gasteiger partial charge in [-0.3, -0.25) is 9.59 Å². The molecule has 0 saturated carbocycles. The molecule has 3 aromatic rings. The van der Waals surface area contributed by atoms with Gasteiger partial charge in [-0.15, -0.1) is 0 Å². The van der Waals surface area contributed by atoms with E-state index in [-0.39, 0.29) is 11.8 Å². The molecule has 1 N–H and O–H groups in total. The maximum absolute atomic E-state index is 13.0. The third-order valence-corrected chi connectivity index (χ3v) is 5.40. The van der Waals surface area contributed by atoms with Crippen LogP contribution in [0.2, 0.25) is 10.0 Å². The standard InChI is InChI=1S/C21H18Cl2N4O2/c22-14-8-9-17(23)16(13-14)21(29)26-11-4-7-18(26)20(28)24-19-10-12-27(25-19)15-5-2-1-3-6-15/h1-3,5-6,8-10,12-13,18H,4,7,11H2,(H,24,25,28). The Morgan fingerprint density at radius 1 is 1.07 bits per heavy atom. The lowest BCUT2D eigenvalue weighted by Crippen LogP contribution is -2.43. The Bertz CT molecular complexity index is 1050. The molecule has 2 heterocycles. The Morgan fingerprint density at radius 2 is 1.86 bits per heavy atom. The molecule has 1 aliphatic rings. The van der Waals surface area contributed by atoms with Crippen molar-refractivity contribution in [2.75, 3.05) is 11.9 Å². The van der Waals surface area contributed by atoms with Gasteiger partial charge in [0.15, 0.2) is 5.82 Å². The number of likely N-dealkylation sites (tertiary alicyclic amines) is 1. The summed E-state index contributed by atoms with van der Waals surface area (Å²) in [4.78, 5) is 27.3. The fourth-order valence-electron chi connectivity index (χ4n) is 3.42. The van der Waals surface area contributed by atoms with E-state index in [1.54, 1.807) is 34.0 Å². The summed E-state index contributed by atoms with van der Waals surface area (Å²) in [6.45, 7) is 0.484. The Morgan fingerprint density at radius 3 is 2.66 bits per heavy atom. The molecule has 8 heteroatoms. The first-order chi connectivity index (χ1) is 14.0. The van der Waals surface area contributed by atoms with Gasteiger partial charge in [-0.2, -0.15) is 5.10 Å². The first-order valence-electron chi connectivity index (χ1n) is 9.21. The number of anilines is 1. The van der Waals surface area contributed by atoms with E-state index in [2.05, 4.69) is 10.4 Å². The van der Waals surface area contributed by atoms with Crippen molar-refractivity contribution in [2.24, 2.45) is 0 Å². The fourth-order valence-corrected chi connectivity index (χ4v) is 3.79. The number of carbonyl (C=O) groups is 2. The minimum Gasteiger partial charge on any atom is -0.327 e. The fraction of sp³-hybridized carbons (Fsp3) is 0.190. The molecule has 1 aliphatic heterocycles. The molecular formula is C21H18Cl2N4O2. The van der Waals surface area contributed by atoms with Crippen LogP contribution in [0.5, 0.6) is 0 Å². The Labute approximate surface area is 178 Å². The van der Waals surface area contributed by atoms with Gasteiger partial charge in [-0.1, -0.05) is 41.4 Å². The van der Waals surface area contributed by atoms with Crippen LogP contribution in [0.4, 0.5) is 5.82 Å². The molecule has 0 aliphatic carbocycles. The quantitative estimate of drug-likeness (QED) is 0.668. The van der Waals surface area contributed by atoms with Gasteiger partial charge in [0, 0.05) is 23.8 Å². The lowest BCUT2D eigenvalue weighted by Gasteiger charge is -2.24. The number of carbonyl (C=O) groups excluding carboxylic acids is 2. The van der Waals surface area contributed by atoms with Gasteiger partial charge in [-0.25, -0.2) is 4.68 Å². The first kappa shape index (κ1) is 19.5. The molecule has 2 amide bonds. The number of aromatic nitrogens is 2.